The van der Waals surface area contributed by atoms with Crippen LogP contribution >= 0.6 is 11.6 Å². The Morgan fingerprint density at radius 1 is 1.17 bits per heavy atom. The average Bonchev–Trinajstić information content (AvgIpc) is 2.58. The van der Waals surface area contributed by atoms with Crippen molar-refractivity contribution in [2.45, 2.75) is 65.3 Å². The molecule has 0 N–H and O–H groups in total. The van der Waals surface area contributed by atoms with Crippen LogP contribution in [0.4, 0.5) is 4.39 Å². The second kappa shape index (κ2) is 6.01. The van der Waals surface area contributed by atoms with Crippen molar-refractivity contribution in [2.75, 3.05) is 0 Å². The summed E-state index contributed by atoms with van der Waals surface area (Å²) >= 11 is 6.17. The Labute approximate surface area is 147 Å². The Balaban J connectivity index is 2.33. The first-order chi connectivity index (χ1) is 10.7. The Bertz CT molecular complexity index is 651. The van der Waals surface area contributed by atoms with Gasteiger partial charge in [-0.05, 0) is 60.6 Å². The van der Waals surface area contributed by atoms with Crippen molar-refractivity contribution in [2.24, 2.45) is 0 Å². The summed E-state index contributed by atoms with van der Waals surface area (Å²) in [6.07, 6.45) is 0. The lowest BCUT2D eigenvalue weighted by molar-refractivity contribution is 0.00578. The van der Waals surface area contributed by atoms with E-state index in [0.29, 0.717) is 0 Å². The first kappa shape index (κ1) is 19.2. The lowest BCUT2D eigenvalue weighted by Crippen LogP contribution is -2.41. The molecular weight excluding hydrogens is 333 g/mol. The lowest BCUT2D eigenvalue weighted by atomic mass is 9.78. The number of esters is 1. The van der Waals surface area contributed by atoms with Crippen molar-refractivity contribution >= 4 is 30.2 Å². The van der Waals surface area contributed by atoms with E-state index in [1.807, 2.05) is 27.7 Å². The van der Waals surface area contributed by atoms with E-state index in [9.17, 15) is 9.18 Å². The molecule has 0 spiro atoms. The van der Waals surface area contributed by atoms with E-state index in [0.717, 1.165) is 6.07 Å². The monoisotopic (exact) mass is 356 g/mol. The van der Waals surface area contributed by atoms with Crippen molar-refractivity contribution in [3.63, 3.8) is 0 Å². The molecule has 0 bridgehead atoms. The number of ether oxygens (including phenoxy) is 1. The highest BCUT2D eigenvalue weighted by Crippen LogP contribution is 2.37. The quantitative estimate of drug-likeness (QED) is 0.598. The fraction of sp³-hybridized carbons (Fsp3) is 0.588. The van der Waals surface area contributed by atoms with Crippen LogP contribution in [0, 0.1) is 5.82 Å². The zero-order chi connectivity index (χ0) is 18.5. The molecule has 1 aliphatic rings. The largest absolute Gasteiger partial charge is 0.497 e. The summed E-state index contributed by atoms with van der Waals surface area (Å²) in [5.74, 6) is -1.30. The molecule has 0 atom stereocenters. The molecule has 4 nitrogen and oxygen atoms in total. The molecule has 2 rings (SSSR count). The third kappa shape index (κ3) is 3.76. The number of hydrogen-bond acceptors (Lipinski definition) is 4. The molecule has 0 aromatic heterocycles. The van der Waals surface area contributed by atoms with E-state index < -0.39 is 35.7 Å². The first-order valence-electron chi connectivity index (χ1n) is 7.81. The summed E-state index contributed by atoms with van der Waals surface area (Å²) < 4.78 is 31.5. The molecule has 1 heterocycles. The average molecular weight is 357 g/mol. The van der Waals surface area contributed by atoms with Crippen LogP contribution in [-0.4, -0.2) is 29.9 Å². The summed E-state index contributed by atoms with van der Waals surface area (Å²) in [5, 5.41) is 0.0929. The number of carbonyl (C=O) groups excluding carboxylic acids is 1. The lowest BCUT2D eigenvalue weighted by Gasteiger charge is -2.32. The summed E-state index contributed by atoms with van der Waals surface area (Å²) in [5.41, 5.74) is -1.75. The zero-order valence-electron chi connectivity index (χ0n) is 15.1. The summed E-state index contributed by atoms with van der Waals surface area (Å²) in [4.78, 5) is 12.1. The van der Waals surface area contributed by atoms with E-state index in [4.69, 9.17) is 25.6 Å². The van der Waals surface area contributed by atoms with Crippen LogP contribution in [-0.2, 0) is 14.0 Å². The number of halogens is 2. The molecule has 1 saturated heterocycles. The van der Waals surface area contributed by atoms with Crippen molar-refractivity contribution in [3.8, 4) is 0 Å². The number of hydrogen-bond donors (Lipinski definition) is 0. The van der Waals surface area contributed by atoms with Crippen LogP contribution in [0.3, 0.4) is 0 Å². The normalized spacial score (nSPS) is 19.5. The second-order valence-electron chi connectivity index (χ2n) is 7.94. The van der Waals surface area contributed by atoms with Gasteiger partial charge in [-0.25, -0.2) is 9.18 Å². The van der Waals surface area contributed by atoms with Crippen LogP contribution < -0.4 is 5.46 Å². The standard InChI is InChI=1S/C17H23BClFO4/c1-15(2,3)22-14(21)10-8-13(20)11(9-12(10)19)18-23-16(4,5)17(6,7)24-18/h8-9H,1-7H3. The SMILES string of the molecule is CC(C)(C)OC(=O)c1cc(F)c(B2OC(C)(C)C(C)(C)O2)cc1Cl. The van der Waals surface area contributed by atoms with Gasteiger partial charge in [0, 0.05) is 5.46 Å². The highest BCUT2D eigenvalue weighted by Gasteiger charge is 2.52. The highest BCUT2D eigenvalue weighted by molar-refractivity contribution is 6.62. The van der Waals surface area contributed by atoms with Gasteiger partial charge < -0.3 is 14.0 Å². The smallest absolute Gasteiger partial charge is 0.456 e. The molecule has 0 amide bonds. The van der Waals surface area contributed by atoms with Crippen LogP contribution in [0.1, 0.15) is 58.8 Å². The van der Waals surface area contributed by atoms with Gasteiger partial charge in [-0.2, -0.15) is 0 Å². The molecule has 0 radical (unpaired) electrons. The number of rotatable bonds is 2. The van der Waals surface area contributed by atoms with Crippen LogP contribution in [0.25, 0.3) is 0 Å². The minimum absolute atomic E-state index is 0.0237. The second-order valence-corrected chi connectivity index (χ2v) is 8.35. The van der Waals surface area contributed by atoms with Gasteiger partial charge in [0.2, 0.25) is 0 Å². The van der Waals surface area contributed by atoms with E-state index in [-0.39, 0.29) is 16.0 Å². The van der Waals surface area contributed by atoms with E-state index in [1.54, 1.807) is 20.8 Å². The van der Waals surface area contributed by atoms with Gasteiger partial charge in [-0.3, -0.25) is 0 Å². The summed E-state index contributed by atoms with van der Waals surface area (Å²) in [7, 11) is -0.889. The van der Waals surface area contributed by atoms with Crippen LogP contribution in [0.5, 0.6) is 0 Å². The molecule has 132 valence electrons. The Kier molecular flexibility index (Phi) is 4.81. The van der Waals surface area contributed by atoms with Gasteiger partial charge in [-0.15, -0.1) is 0 Å². The number of carbonyl (C=O) groups is 1. The minimum Gasteiger partial charge on any atom is -0.456 e. The van der Waals surface area contributed by atoms with Gasteiger partial charge in [0.25, 0.3) is 0 Å². The van der Waals surface area contributed by atoms with Gasteiger partial charge in [0.15, 0.2) is 0 Å². The predicted molar refractivity (Wildman–Crippen MR) is 92.3 cm³/mol. The summed E-state index contributed by atoms with van der Waals surface area (Å²) in [6.45, 7) is 12.7. The number of benzene rings is 1. The molecule has 1 aromatic rings. The predicted octanol–water partition coefficient (Wildman–Crippen LogP) is 3.73. The van der Waals surface area contributed by atoms with E-state index in [1.165, 1.54) is 6.07 Å². The molecule has 0 unspecified atom stereocenters. The molecule has 1 aliphatic heterocycles. The zero-order valence-corrected chi connectivity index (χ0v) is 15.9. The summed E-state index contributed by atoms with van der Waals surface area (Å²) in [6, 6.07) is 2.43. The maximum absolute atomic E-state index is 14.6. The fourth-order valence-corrected chi connectivity index (χ4v) is 2.45. The third-order valence-electron chi connectivity index (χ3n) is 4.21. The fourth-order valence-electron chi connectivity index (χ4n) is 2.20. The molecule has 24 heavy (non-hydrogen) atoms. The van der Waals surface area contributed by atoms with Crippen molar-refractivity contribution in [1.82, 2.24) is 0 Å². The Morgan fingerprint density at radius 2 is 1.67 bits per heavy atom. The maximum atomic E-state index is 14.6. The maximum Gasteiger partial charge on any atom is 0.497 e. The Hall–Kier alpha value is -1.11. The molecule has 1 aromatic carbocycles. The first-order valence-corrected chi connectivity index (χ1v) is 8.19. The van der Waals surface area contributed by atoms with Crippen molar-refractivity contribution in [3.05, 3.63) is 28.5 Å². The topological polar surface area (TPSA) is 44.8 Å². The van der Waals surface area contributed by atoms with Crippen molar-refractivity contribution < 1.29 is 23.2 Å². The van der Waals surface area contributed by atoms with Crippen LogP contribution in [0.15, 0.2) is 12.1 Å². The highest BCUT2D eigenvalue weighted by atomic mass is 35.5. The minimum atomic E-state index is -0.889. The molecule has 7 heteroatoms. The van der Waals surface area contributed by atoms with E-state index >= 15 is 0 Å². The molecule has 1 fully saturated rings. The Morgan fingerprint density at radius 3 is 2.12 bits per heavy atom. The van der Waals surface area contributed by atoms with Gasteiger partial charge in [-0.1, -0.05) is 11.6 Å². The third-order valence-corrected chi connectivity index (χ3v) is 4.53. The van der Waals surface area contributed by atoms with Gasteiger partial charge in [0.05, 0.1) is 21.8 Å². The van der Waals surface area contributed by atoms with Gasteiger partial charge in [0.1, 0.15) is 11.4 Å². The molecular formula is C17H23BClFO4. The van der Waals surface area contributed by atoms with Gasteiger partial charge >= 0.3 is 13.1 Å². The molecule has 0 saturated carbocycles. The van der Waals surface area contributed by atoms with E-state index in [2.05, 4.69) is 0 Å². The van der Waals surface area contributed by atoms with Crippen molar-refractivity contribution in [1.29, 1.82) is 0 Å². The van der Waals surface area contributed by atoms with Crippen LogP contribution in [0.2, 0.25) is 5.02 Å². The molecule has 0 aliphatic carbocycles.